The van der Waals surface area contributed by atoms with Crippen molar-refractivity contribution in [2.24, 2.45) is 21.1 Å². The molecule has 1 atom stereocenters. The fraction of sp³-hybridized carbons (Fsp3) is 0.444. The highest BCUT2D eigenvalue weighted by Gasteiger charge is 2.54. The number of benzene rings is 1. The quantitative estimate of drug-likeness (QED) is 0.696. The van der Waals surface area contributed by atoms with Crippen molar-refractivity contribution in [3.8, 4) is 23.0 Å². The molecule has 1 aliphatic heterocycles. The van der Waals surface area contributed by atoms with E-state index in [-0.39, 0.29) is 5.41 Å². The first-order chi connectivity index (χ1) is 15.3. The second kappa shape index (κ2) is 8.52. The molecule has 5 nitrogen and oxygen atoms in total. The third-order valence-corrected chi connectivity index (χ3v) is 7.15. The van der Waals surface area contributed by atoms with Crippen LogP contribution in [0.15, 0.2) is 46.6 Å². The van der Waals surface area contributed by atoms with Crippen molar-refractivity contribution in [3.05, 3.63) is 53.3 Å². The van der Waals surface area contributed by atoms with E-state index in [9.17, 15) is 0 Å². The molecule has 1 saturated carbocycles. The molecule has 4 rings (SSSR count). The van der Waals surface area contributed by atoms with Crippen LogP contribution in [0.25, 0.3) is 11.1 Å². The molecule has 2 aliphatic rings. The van der Waals surface area contributed by atoms with Gasteiger partial charge in [0.05, 0.1) is 11.8 Å². The molecule has 1 aromatic carbocycles. The van der Waals surface area contributed by atoms with E-state index in [2.05, 4.69) is 54.9 Å². The summed E-state index contributed by atoms with van der Waals surface area (Å²) >= 11 is 0. The van der Waals surface area contributed by atoms with E-state index in [1.807, 2.05) is 20.0 Å². The van der Waals surface area contributed by atoms with Gasteiger partial charge < -0.3 is 10.5 Å². The van der Waals surface area contributed by atoms with Gasteiger partial charge in [-0.3, -0.25) is 9.98 Å². The Labute approximate surface area is 191 Å². The van der Waals surface area contributed by atoms with E-state index in [0.717, 1.165) is 59.2 Å². The van der Waals surface area contributed by atoms with E-state index in [0.29, 0.717) is 11.9 Å². The molecule has 1 aliphatic carbocycles. The summed E-state index contributed by atoms with van der Waals surface area (Å²) in [4.78, 5) is 14.6. The van der Waals surface area contributed by atoms with Gasteiger partial charge in [-0.15, -0.1) is 5.92 Å². The monoisotopic (exact) mass is 428 g/mol. The number of aliphatic imine (C=N–C) groups is 2. The summed E-state index contributed by atoms with van der Waals surface area (Å²) in [6.07, 6.45) is 7.93. The molecule has 1 fully saturated rings. The second-order valence-electron chi connectivity index (χ2n) is 9.23. The Morgan fingerprint density at radius 1 is 1.06 bits per heavy atom. The maximum atomic E-state index is 6.33. The molecule has 0 spiro atoms. The zero-order valence-electron chi connectivity index (χ0n) is 19.7. The standard InChI is InChI=1S/C27H32N4O/c1-6-7-20-14-22(17-29-16-20)21-9-8-18(2)24(15-21)27(30-19(3)25(28)31-27)26(4)12-10-23(32-5)11-13-26/h8-9,14-17,23H,10-13H2,1-5H3,(H2,28,31). The lowest BCUT2D eigenvalue weighted by atomic mass is 9.63. The molecule has 2 heterocycles. The molecule has 2 N–H and O–H groups in total. The molecule has 1 aromatic heterocycles. The van der Waals surface area contributed by atoms with Crippen molar-refractivity contribution in [1.82, 2.24) is 4.98 Å². The third-order valence-electron chi connectivity index (χ3n) is 7.15. The van der Waals surface area contributed by atoms with Crippen molar-refractivity contribution in [1.29, 1.82) is 0 Å². The lowest BCUT2D eigenvalue weighted by Crippen LogP contribution is -2.44. The van der Waals surface area contributed by atoms with E-state index >= 15 is 0 Å². The Morgan fingerprint density at radius 2 is 1.81 bits per heavy atom. The minimum absolute atomic E-state index is 0.151. The van der Waals surface area contributed by atoms with Gasteiger partial charge >= 0.3 is 0 Å². The zero-order valence-corrected chi connectivity index (χ0v) is 19.7. The van der Waals surface area contributed by atoms with Crippen LogP contribution in [0.5, 0.6) is 0 Å². The zero-order chi connectivity index (χ0) is 22.9. The number of hydrogen-bond donors (Lipinski definition) is 1. The van der Waals surface area contributed by atoms with Crippen LogP contribution >= 0.6 is 0 Å². The number of aryl methyl sites for hydroxylation is 1. The van der Waals surface area contributed by atoms with Crippen LogP contribution in [0.1, 0.15) is 63.1 Å². The maximum Gasteiger partial charge on any atom is 0.184 e. The summed E-state index contributed by atoms with van der Waals surface area (Å²) in [7, 11) is 1.80. The predicted molar refractivity (Wildman–Crippen MR) is 131 cm³/mol. The maximum absolute atomic E-state index is 6.33. The van der Waals surface area contributed by atoms with Crippen LogP contribution in [-0.4, -0.2) is 29.7 Å². The Bertz CT molecular complexity index is 1130. The fourth-order valence-corrected chi connectivity index (χ4v) is 5.10. The van der Waals surface area contributed by atoms with Gasteiger partial charge in [0.15, 0.2) is 5.66 Å². The van der Waals surface area contributed by atoms with Crippen molar-refractivity contribution in [2.45, 2.75) is 65.1 Å². The van der Waals surface area contributed by atoms with Crippen molar-refractivity contribution < 1.29 is 4.74 Å². The SMILES string of the molecule is CC#Cc1cncc(-c2ccc(C)c(C3(C4(C)CCC(OC)CC4)N=C(C)C(N)=N3)c2)c1. The van der Waals surface area contributed by atoms with Gasteiger partial charge in [-0.25, -0.2) is 4.99 Å². The van der Waals surface area contributed by atoms with Crippen molar-refractivity contribution >= 4 is 11.5 Å². The number of rotatable bonds is 4. The van der Waals surface area contributed by atoms with Crippen molar-refractivity contribution in [2.75, 3.05) is 7.11 Å². The molecule has 32 heavy (non-hydrogen) atoms. The van der Waals surface area contributed by atoms with Gasteiger partial charge in [0, 0.05) is 41.6 Å². The topological polar surface area (TPSA) is 72.9 Å². The van der Waals surface area contributed by atoms with Crippen LogP contribution in [0, 0.1) is 24.2 Å². The first kappa shape index (κ1) is 22.2. The van der Waals surface area contributed by atoms with Crippen LogP contribution < -0.4 is 5.73 Å². The number of nitrogens with two attached hydrogens (primary N) is 1. The van der Waals surface area contributed by atoms with Gasteiger partial charge in [-0.05, 0) is 69.7 Å². The average Bonchev–Trinajstić information content (AvgIpc) is 3.11. The van der Waals surface area contributed by atoms with Gasteiger partial charge in [0.2, 0.25) is 0 Å². The Hall–Kier alpha value is -2.97. The molecule has 1 unspecified atom stereocenters. The smallest absolute Gasteiger partial charge is 0.184 e. The highest BCUT2D eigenvalue weighted by atomic mass is 16.5. The van der Waals surface area contributed by atoms with Crippen LogP contribution in [-0.2, 0) is 10.4 Å². The molecule has 0 amide bonds. The third kappa shape index (κ3) is 3.73. The van der Waals surface area contributed by atoms with Crippen LogP contribution in [0.4, 0.5) is 0 Å². The summed E-state index contributed by atoms with van der Waals surface area (Å²) in [6.45, 7) is 8.24. The summed E-state index contributed by atoms with van der Waals surface area (Å²) in [5, 5.41) is 0. The first-order valence-electron chi connectivity index (χ1n) is 11.3. The second-order valence-corrected chi connectivity index (χ2v) is 9.23. The van der Waals surface area contributed by atoms with Gasteiger partial charge in [-0.2, -0.15) is 0 Å². The van der Waals surface area contributed by atoms with Crippen LogP contribution in [0.2, 0.25) is 0 Å². The van der Waals surface area contributed by atoms with E-state index in [1.165, 1.54) is 0 Å². The molecular weight excluding hydrogens is 396 g/mol. The number of pyridine rings is 1. The van der Waals surface area contributed by atoms with E-state index in [1.54, 1.807) is 13.3 Å². The van der Waals surface area contributed by atoms with Gasteiger partial charge in [0.1, 0.15) is 5.84 Å². The summed E-state index contributed by atoms with van der Waals surface area (Å²) in [5.74, 6) is 6.59. The minimum Gasteiger partial charge on any atom is -0.382 e. The number of nitrogens with zero attached hydrogens (tertiary/aromatic N) is 3. The minimum atomic E-state index is -0.728. The molecule has 5 heteroatoms. The van der Waals surface area contributed by atoms with E-state index in [4.69, 9.17) is 20.5 Å². The van der Waals surface area contributed by atoms with Gasteiger partial charge in [0.25, 0.3) is 0 Å². The molecule has 0 bridgehead atoms. The Balaban J connectivity index is 1.86. The highest BCUT2D eigenvalue weighted by Crippen LogP contribution is 2.55. The normalized spacial score (nSPS) is 27.3. The number of ether oxygens (including phenoxy) is 1. The molecular formula is C27H32N4O. The summed E-state index contributed by atoms with van der Waals surface area (Å²) in [6, 6.07) is 8.60. The number of methoxy groups -OCH3 is 1. The fourth-order valence-electron chi connectivity index (χ4n) is 5.10. The van der Waals surface area contributed by atoms with E-state index < -0.39 is 5.66 Å². The predicted octanol–water partition coefficient (Wildman–Crippen LogP) is 5.01. The van der Waals surface area contributed by atoms with Crippen molar-refractivity contribution in [3.63, 3.8) is 0 Å². The molecule has 0 saturated heterocycles. The average molecular weight is 429 g/mol. The highest BCUT2D eigenvalue weighted by molar-refractivity contribution is 6.41. The van der Waals surface area contributed by atoms with Crippen LogP contribution in [0.3, 0.4) is 0 Å². The number of amidine groups is 1. The van der Waals surface area contributed by atoms with Gasteiger partial charge in [-0.1, -0.05) is 25.0 Å². The largest absolute Gasteiger partial charge is 0.382 e. The Morgan fingerprint density at radius 3 is 2.44 bits per heavy atom. The lowest BCUT2D eigenvalue weighted by Gasteiger charge is -2.47. The Kier molecular flexibility index (Phi) is 5.92. The molecule has 0 radical (unpaired) electrons. The molecule has 166 valence electrons. The summed E-state index contributed by atoms with van der Waals surface area (Å²) < 4.78 is 5.65. The summed E-state index contributed by atoms with van der Waals surface area (Å²) in [5.41, 5.74) is 11.6. The number of hydrogen-bond acceptors (Lipinski definition) is 5. The first-order valence-corrected chi connectivity index (χ1v) is 11.3. The number of aromatic nitrogens is 1. The molecule has 2 aromatic rings. The lowest BCUT2D eigenvalue weighted by molar-refractivity contribution is 0.00120.